The Labute approximate surface area is 94.2 Å². The van der Waals surface area contributed by atoms with Crippen LogP contribution >= 0.6 is 0 Å². The molecule has 0 aromatic heterocycles. The number of ether oxygens (including phenoxy) is 2. The first kappa shape index (κ1) is 13.1. The van der Waals surface area contributed by atoms with Gasteiger partial charge >= 0.3 is 0 Å². The molecule has 1 heterocycles. The Morgan fingerprint density at radius 2 is 2.00 bits per heavy atom. The fraction of sp³-hybridized carbons (Fsp3) is 1.00. The predicted octanol–water partition coefficient (Wildman–Crippen LogP) is 0.494. The van der Waals surface area contributed by atoms with Crippen molar-refractivity contribution in [3.05, 3.63) is 0 Å². The van der Waals surface area contributed by atoms with Crippen LogP contribution in [-0.2, 0) is 20.3 Å². The van der Waals surface area contributed by atoms with E-state index < -0.39 is 16.6 Å². The molecule has 15 heavy (non-hydrogen) atoms. The van der Waals surface area contributed by atoms with Crippen molar-refractivity contribution in [2.45, 2.75) is 37.9 Å². The molecule has 1 aliphatic rings. The molecule has 0 radical (unpaired) electrons. The molecule has 1 saturated heterocycles. The smallest absolute Gasteiger partial charge is 0.162 e. The van der Waals surface area contributed by atoms with E-state index in [-0.39, 0.29) is 11.3 Å². The zero-order valence-electron chi connectivity index (χ0n) is 9.91. The summed E-state index contributed by atoms with van der Waals surface area (Å²) in [6, 6.07) is 0.212. The maximum atomic E-state index is 11.1. The van der Waals surface area contributed by atoms with E-state index in [4.69, 9.17) is 9.47 Å². The zero-order chi connectivity index (χ0) is 11.5. The van der Waals surface area contributed by atoms with Gasteiger partial charge in [0.25, 0.3) is 0 Å². The van der Waals surface area contributed by atoms with Crippen LogP contribution < -0.4 is 5.32 Å². The summed E-state index contributed by atoms with van der Waals surface area (Å²) in [5, 5.41) is 3.46. The third-order valence-electron chi connectivity index (χ3n) is 2.52. The van der Waals surface area contributed by atoms with Gasteiger partial charge in [-0.15, -0.1) is 0 Å². The first-order valence-corrected chi connectivity index (χ1v) is 6.86. The van der Waals surface area contributed by atoms with Crippen LogP contribution in [0, 0.1) is 0 Å². The molecule has 0 amide bonds. The molecule has 1 fully saturated rings. The average Bonchev–Trinajstić information content (AvgIpc) is 2.15. The zero-order valence-corrected chi connectivity index (χ0v) is 10.7. The Bertz CT molecular complexity index is 223. The summed E-state index contributed by atoms with van der Waals surface area (Å²) in [5.74, 6) is -0.461. The molecule has 0 aromatic rings. The summed E-state index contributed by atoms with van der Waals surface area (Å²) in [6.07, 6.45) is 1.73. The van der Waals surface area contributed by atoms with Crippen LogP contribution in [0.15, 0.2) is 0 Å². The van der Waals surface area contributed by atoms with Gasteiger partial charge in [0.1, 0.15) is 0 Å². The van der Waals surface area contributed by atoms with Gasteiger partial charge in [-0.1, -0.05) is 0 Å². The third kappa shape index (κ3) is 4.59. The second kappa shape index (κ2) is 5.39. The Morgan fingerprint density at radius 1 is 1.47 bits per heavy atom. The van der Waals surface area contributed by atoms with Crippen molar-refractivity contribution < 1.29 is 13.7 Å². The van der Waals surface area contributed by atoms with E-state index in [1.165, 1.54) is 0 Å². The van der Waals surface area contributed by atoms with Crippen LogP contribution in [0.25, 0.3) is 0 Å². The van der Waals surface area contributed by atoms with Gasteiger partial charge in [0, 0.05) is 28.9 Å². The fourth-order valence-corrected chi connectivity index (χ4v) is 1.59. The number of rotatable bonds is 4. The monoisotopic (exact) mass is 235 g/mol. The van der Waals surface area contributed by atoms with E-state index >= 15 is 0 Å². The summed E-state index contributed by atoms with van der Waals surface area (Å²) < 4.78 is 22.1. The Balaban J connectivity index is 2.22. The molecule has 1 aliphatic heterocycles. The highest BCUT2D eigenvalue weighted by Crippen LogP contribution is 2.16. The second-order valence-corrected chi connectivity index (χ2v) is 6.24. The first-order valence-electron chi connectivity index (χ1n) is 5.24. The van der Waals surface area contributed by atoms with Gasteiger partial charge in [0.05, 0.1) is 19.3 Å². The molecular formula is C10H21NO3S. The quantitative estimate of drug-likeness (QED) is 0.770. The molecule has 4 nitrogen and oxygen atoms in total. The third-order valence-corrected chi connectivity index (χ3v) is 3.82. The minimum absolute atomic E-state index is 0.167. The molecule has 2 unspecified atom stereocenters. The van der Waals surface area contributed by atoms with Crippen molar-refractivity contribution in [3.63, 3.8) is 0 Å². The van der Waals surface area contributed by atoms with E-state index in [9.17, 15) is 4.21 Å². The van der Waals surface area contributed by atoms with Crippen molar-refractivity contribution in [2.75, 3.05) is 26.0 Å². The largest absolute Gasteiger partial charge is 0.349 e. The normalized spacial score (nSPS) is 26.1. The van der Waals surface area contributed by atoms with E-state index in [0.29, 0.717) is 13.2 Å². The molecule has 0 spiro atoms. The van der Waals surface area contributed by atoms with Crippen molar-refractivity contribution >= 4 is 10.8 Å². The Hall–Kier alpha value is 0.0300. The van der Waals surface area contributed by atoms with Crippen LogP contribution in [-0.4, -0.2) is 47.3 Å². The molecule has 0 saturated carbocycles. The Morgan fingerprint density at radius 3 is 2.47 bits per heavy atom. The minimum Gasteiger partial charge on any atom is -0.349 e. The lowest BCUT2D eigenvalue weighted by Crippen LogP contribution is -2.50. The van der Waals surface area contributed by atoms with Gasteiger partial charge in [-0.3, -0.25) is 4.21 Å². The van der Waals surface area contributed by atoms with Gasteiger partial charge in [-0.05, 0) is 20.8 Å². The molecule has 90 valence electrons. The van der Waals surface area contributed by atoms with Gasteiger partial charge in [-0.25, -0.2) is 0 Å². The predicted molar refractivity (Wildman–Crippen MR) is 61.3 cm³/mol. The molecular weight excluding hydrogens is 214 g/mol. The van der Waals surface area contributed by atoms with Gasteiger partial charge in [-0.2, -0.15) is 0 Å². The number of hydrogen-bond acceptors (Lipinski definition) is 4. The molecule has 1 rings (SSSR count). The van der Waals surface area contributed by atoms with E-state index in [1.807, 2.05) is 20.8 Å². The summed E-state index contributed by atoms with van der Waals surface area (Å²) in [7, 11) is -0.774. The van der Waals surface area contributed by atoms with E-state index in [1.54, 1.807) is 6.26 Å². The van der Waals surface area contributed by atoms with Gasteiger partial charge < -0.3 is 14.8 Å². The SMILES string of the molecule is CC(CNC1COC(C)(C)OC1)S(C)=O. The second-order valence-electron chi connectivity index (χ2n) is 4.44. The molecule has 5 heteroatoms. The lowest BCUT2D eigenvalue weighted by molar-refractivity contribution is -0.252. The first-order chi connectivity index (χ1) is 6.91. The van der Waals surface area contributed by atoms with E-state index in [2.05, 4.69) is 5.32 Å². The highest BCUT2D eigenvalue weighted by Gasteiger charge is 2.28. The van der Waals surface area contributed by atoms with Crippen LogP contribution in [0.3, 0.4) is 0 Å². The maximum absolute atomic E-state index is 11.1. The lowest BCUT2D eigenvalue weighted by atomic mass is 10.2. The topological polar surface area (TPSA) is 47.6 Å². The maximum Gasteiger partial charge on any atom is 0.162 e. The molecule has 0 aromatic carbocycles. The summed E-state index contributed by atoms with van der Waals surface area (Å²) in [4.78, 5) is 0. The van der Waals surface area contributed by atoms with Gasteiger partial charge in [0.15, 0.2) is 5.79 Å². The van der Waals surface area contributed by atoms with E-state index in [0.717, 1.165) is 6.54 Å². The summed E-state index contributed by atoms with van der Waals surface area (Å²) >= 11 is 0. The summed E-state index contributed by atoms with van der Waals surface area (Å²) in [5.41, 5.74) is 0. The highest BCUT2D eigenvalue weighted by molar-refractivity contribution is 7.84. The highest BCUT2D eigenvalue weighted by atomic mass is 32.2. The van der Waals surface area contributed by atoms with Crippen molar-refractivity contribution in [2.24, 2.45) is 0 Å². The van der Waals surface area contributed by atoms with Crippen LogP contribution in [0.2, 0.25) is 0 Å². The minimum atomic E-state index is -0.774. The fourth-order valence-electron chi connectivity index (χ4n) is 1.26. The summed E-state index contributed by atoms with van der Waals surface area (Å²) in [6.45, 7) is 7.82. The molecule has 2 atom stereocenters. The average molecular weight is 235 g/mol. The number of nitrogens with one attached hydrogen (secondary N) is 1. The lowest BCUT2D eigenvalue weighted by Gasteiger charge is -2.35. The Kier molecular flexibility index (Phi) is 4.70. The van der Waals surface area contributed by atoms with Crippen LogP contribution in [0.1, 0.15) is 20.8 Å². The van der Waals surface area contributed by atoms with Crippen molar-refractivity contribution in [3.8, 4) is 0 Å². The molecule has 0 aliphatic carbocycles. The van der Waals surface area contributed by atoms with Crippen LogP contribution in [0.5, 0.6) is 0 Å². The van der Waals surface area contributed by atoms with Gasteiger partial charge in [0.2, 0.25) is 0 Å². The molecule has 0 bridgehead atoms. The van der Waals surface area contributed by atoms with Crippen molar-refractivity contribution in [1.29, 1.82) is 0 Å². The standard InChI is InChI=1S/C10H21NO3S/c1-8(15(4)12)5-11-9-6-13-10(2,3)14-7-9/h8-9,11H,5-7H2,1-4H3. The molecule has 1 N–H and O–H groups in total. The van der Waals surface area contributed by atoms with Crippen molar-refractivity contribution in [1.82, 2.24) is 5.32 Å². The number of hydrogen-bond donors (Lipinski definition) is 1. The van der Waals surface area contributed by atoms with Crippen LogP contribution in [0.4, 0.5) is 0 Å².